The first-order valence-electron chi connectivity index (χ1n) is 7.53. The van der Waals surface area contributed by atoms with E-state index < -0.39 is 6.04 Å². The smallest absolute Gasteiger partial charge is 0.254 e. The first kappa shape index (κ1) is 15.6. The van der Waals surface area contributed by atoms with Crippen LogP contribution in [0, 0.1) is 0 Å². The van der Waals surface area contributed by atoms with Crippen molar-refractivity contribution >= 4 is 23.4 Å². The summed E-state index contributed by atoms with van der Waals surface area (Å²) in [6, 6.07) is 16.0. The van der Waals surface area contributed by atoms with E-state index in [9.17, 15) is 9.59 Å². The minimum atomic E-state index is -0.491. The van der Waals surface area contributed by atoms with E-state index in [1.165, 1.54) is 0 Å². The van der Waals surface area contributed by atoms with E-state index in [-0.39, 0.29) is 11.8 Å². The second-order valence-corrected chi connectivity index (χ2v) is 5.94. The van der Waals surface area contributed by atoms with E-state index in [0.717, 1.165) is 5.56 Å². The predicted molar refractivity (Wildman–Crippen MR) is 89.4 cm³/mol. The molecule has 2 aromatic rings. The van der Waals surface area contributed by atoms with Gasteiger partial charge in [-0.05, 0) is 29.8 Å². The molecule has 1 aliphatic heterocycles. The summed E-state index contributed by atoms with van der Waals surface area (Å²) in [5, 5.41) is 3.43. The highest BCUT2D eigenvalue weighted by molar-refractivity contribution is 6.30. The summed E-state index contributed by atoms with van der Waals surface area (Å²) in [5.41, 5.74) is 1.57. The Bertz CT molecular complexity index is 701. The molecule has 0 bridgehead atoms. The van der Waals surface area contributed by atoms with Gasteiger partial charge in [0.25, 0.3) is 5.91 Å². The Kier molecular flexibility index (Phi) is 4.63. The van der Waals surface area contributed by atoms with Gasteiger partial charge in [0.1, 0.15) is 6.04 Å². The van der Waals surface area contributed by atoms with E-state index in [2.05, 4.69) is 5.32 Å². The van der Waals surface area contributed by atoms with Crippen molar-refractivity contribution in [1.82, 2.24) is 10.2 Å². The van der Waals surface area contributed by atoms with Crippen LogP contribution in [0.15, 0.2) is 54.6 Å². The van der Waals surface area contributed by atoms with Gasteiger partial charge in [-0.2, -0.15) is 0 Å². The standard InChI is InChI=1S/C18H17ClN2O2/c19-15-8-6-14(7-9-15)18(23)21-11-10-20-17(22)16(21)12-13-4-2-1-3-5-13/h1-9,16H,10-12H2,(H,20,22)/t16-/m0/s1. The van der Waals surface area contributed by atoms with Crippen LogP contribution in [0.1, 0.15) is 15.9 Å². The molecule has 1 heterocycles. The molecule has 0 aliphatic carbocycles. The van der Waals surface area contributed by atoms with Gasteiger partial charge in [0, 0.05) is 30.1 Å². The van der Waals surface area contributed by atoms with Gasteiger partial charge in [-0.25, -0.2) is 0 Å². The zero-order valence-corrected chi connectivity index (χ0v) is 13.3. The Morgan fingerprint density at radius 3 is 2.52 bits per heavy atom. The largest absolute Gasteiger partial charge is 0.353 e. The second kappa shape index (κ2) is 6.84. The lowest BCUT2D eigenvalue weighted by Crippen LogP contribution is -2.58. The van der Waals surface area contributed by atoms with Crippen LogP contribution in [0.2, 0.25) is 5.02 Å². The number of hydrogen-bond acceptors (Lipinski definition) is 2. The molecule has 1 atom stereocenters. The molecule has 1 saturated heterocycles. The molecule has 118 valence electrons. The number of amides is 2. The van der Waals surface area contributed by atoms with Crippen molar-refractivity contribution in [2.24, 2.45) is 0 Å². The third kappa shape index (κ3) is 3.54. The zero-order chi connectivity index (χ0) is 16.2. The minimum absolute atomic E-state index is 0.109. The molecule has 5 heteroatoms. The number of halogens is 1. The van der Waals surface area contributed by atoms with Gasteiger partial charge < -0.3 is 10.2 Å². The lowest BCUT2D eigenvalue weighted by molar-refractivity contribution is -0.127. The van der Waals surface area contributed by atoms with Gasteiger partial charge in [-0.3, -0.25) is 9.59 Å². The summed E-state index contributed by atoms with van der Waals surface area (Å²) in [7, 11) is 0. The predicted octanol–water partition coefficient (Wildman–Crippen LogP) is 2.52. The number of hydrogen-bond donors (Lipinski definition) is 1. The fourth-order valence-corrected chi connectivity index (χ4v) is 2.88. The first-order valence-corrected chi connectivity index (χ1v) is 7.91. The van der Waals surface area contributed by atoms with Gasteiger partial charge in [-0.1, -0.05) is 41.9 Å². The molecule has 0 aromatic heterocycles. The number of rotatable bonds is 3. The van der Waals surface area contributed by atoms with Gasteiger partial charge in [-0.15, -0.1) is 0 Å². The van der Waals surface area contributed by atoms with Crippen LogP contribution in [0.5, 0.6) is 0 Å². The van der Waals surface area contributed by atoms with Crippen LogP contribution in [-0.2, 0) is 11.2 Å². The van der Waals surface area contributed by atoms with Crippen molar-refractivity contribution in [2.75, 3.05) is 13.1 Å². The summed E-state index contributed by atoms with van der Waals surface area (Å²) >= 11 is 5.87. The van der Waals surface area contributed by atoms with Crippen molar-refractivity contribution < 1.29 is 9.59 Å². The second-order valence-electron chi connectivity index (χ2n) is 5.50. The number of benzene rings is 2. The molecule has 4 nitrogen and oxygen atoms in total. The minimum Gasteiger partial charge on any atom is -0.353 e. The molecule has 1 aliphatic rings. The molecule has 23 heavy (non-hydrogen) atoms. The Morgan fingerprint density at radius 2 is 1.83 bits per heavy atom. The highest BCUT2D eigenvalue weighted by Crippen LogP contribution is 2.17. The molecule has 2 aromatic carbocycles. The van der Waals surface area contributed by atoms with Crippen molar-refractivity contribution in [3.05, 3.63) is 70.7 Å². The van der Waals surface area contributed by atoms with E-state index in [1.54, 1.807) is 29.2 Å². The fourth-order valence-electron chi connectivity index (χ4n) is 2.76. The topological polar surface area (TPSA) is 49.4 Å². The third-order valence-electron chi connectivity index (χ3n) is 3.95. The summed E-state index contributed by atoms with van der Waals surface area (Å²) in [5.74, 6) is -0.250. The third-order valence-corrected chi connectivity index (χ3v) is 4.21. The highest BCUT2D eigenvalue weighted by atomic mass is 35.5. The fraction of sp³-hybridized carbons (Fsp3) is 0.222. The van der Waals surface area contributed by atoms with Gasteiger partial charge >= 0.3 is 0 Å². The lowest BCUT2D eigenvalue weighted by Gasteiger charge is -2.35. The van der Waals surface area contributed by atoms with E-state index >= 15 is 0 Å². The molecule has 0 radical (unpaired) electrons. The molecule has 0 spiro atoms. The molecule has 0 unspecified atom stereocenters. The molecular weight excluding hydrogens is 312 g/mol. The zero-order valence-electron chi connectivity index (χ0n) is 12.5. The lowest BCUT2D eigenvalue weighted by atomic mass is 10.0. The quantitative estimate of drug-likeness (QED) is 0.941. The molecular formula is C18H17ClN2O2. The van der Waals surface area contributed by atoms with Crippen molar-refractivity contribution in [2.45, 2.75) is 12.5 Å². The number of carbonyl (C=O) groups is 2. The van der Waals surface area contributed by atoms with E-state index in [1.807, 2.05) is 30.3 Å². The number of carbonyl (C=O) groups excluding carboxylic acids is 2. The Morgan fingerprint density at radius 1 is 1.13 bits per heavy atom. The van der Waals surface area contributed by atoms with Crippen LogP contribution in [0.25, 0.3) is 0 Å². The van der Waals surface area contributed by atoms with Crippen molar-refractivity contribution in [1.29, 1.82) is 0 Å². The monoisotopic (exact) mass is 328 g/mol. The van der Waals surface area contributed by atoms with Crippen molar-refractivity contribution in [3.8, 4) is 0 Å². The van der Waals surface area contributed by atoms with Crippen molar-refractivity contribution in [3.63, 3.8) is 0 Å². The summed E-state index contributed by atoms with van der Waals surface area (Å²) in [6.07, 6.45) is 0.506. The average molecular weight is 329 g/mol. The molecule has 1 fully saturated rings. The average Bonchev–Trinajstić information content (AvgIpc) is 2.58. The van der Waals surface area contributed by atoms with Gasteiger partial charge in [0.2, 0.25) is 5.91 Å². The van der Waals surface area contributed by atoms with Crippen LogP contribution in [-0.4, -0.2) is 35.8 Å². The molecule has 2 amide bonds. The van der Waals surface area contributed by atoms with Crippen LogP contribution >= 0.6 is 11.6 Å². The number of piperazine rings is 1. The van der Waals surface area contributed by atoms with E-state index in [0.29, 0.717) is 30.1 Å². The Balaban J connectivity index is 1.84. The Labute approximate surface area is 140 Å². The van der Waals surface area contributed by atoms with E-state index in [4.69, 9.17) is 11.6 Å². The molecule has 0 saturated carbocycles. The first-order chi connectivity index (χ1) is 11.1. The summed E-state index contributed by atoms with van der Waals surface area (Å²) in [4.78, 5) is 26.7. The summed E-state index contributed by atoms with van der Waals surface area (Å²) in [6.45, 7) is 0.980. The maximum atomic E-state index is 12.8. The van der Waals surface area contributed by atoms with Crippen LogP contribution in [0.3, 0.4) is 0 Å². The maximum Gasteiger partial charge on any atom is 0.254 e. The van der Waals surface area contributed by atoms with Crippen LogP contribution in [0.4, 0.5) is 0 Å². The normalized spacial score (nSPS) is 17.7. The highest BCUT2D eigenvalue weighted by Gasteiger charge is 2.33. The SMILES string of the molecule is O=C1NCCN(C(=O)c2ccc(Cl)cc2)[C@H]1Cc1ccccc1. The maximum absolute atomic E-state index is 12.8. The number of nitrogens with zero attached hydrogens (tertiary/aromatic N) is 1. The number of nitrogens with one attached hydrogen (secondary N) is 1. The summed E-state index contributed by atoms with van der Waals surface area (Å²) < 4.78 is 0. The molecule has 3 rings (SSSR count). The van der Waals surface area contributed by atoms with Gasteiger partial charge in [0.05, 0.1) is 0 Å². The molecule has 1 N–H and O–H groups in total. The van der Waals surface area contributed by atoms with Gasteiger partial charge in [0.15, 0.2) is 0 Å². The van der Waals surface area contributed by atoms with Crippen LogP contribution < -0.4 is 5.32 Å². The Hall–Kier alpha value is -2.33.